The van der Waals surface area contributed by atoms with E-state index in [2.05, 4.69) is 12.2 Å². The molecule has 0 radical (unpaired) electrons. The van der Waals surface area contributed by atoms with Crippen LogP contribution in [0, 0.1) is 16.0 Å². The lowest BCUT2D eigenvalue weighted by Gasteiger charge is -2.31. The van der Waals surface area contributed by atoms with Crippen LogP contribution in [0.4, 0.5) is 5.69 Å². The van der Waals surface area contributed by atoms with Crippen LogP contribution in [0.15, 0.2) is 18.2 Å². The van der Waals surface area contributed by atoms with Crippen LogP contribution in [0.3, 0.4) is 0 Å². The summed E-state index contributed by atoms with van der Waals surface area (Å²) in [4.78, 5) is 10.9. The van der Waals surface area contributed by atoms with E-state index < -0.39 is 0 Å². The largest absolute Gasteiger partial charge is 0.483 e. The summed E-state index contributed by atoms with van der Waals surface area (Å²) in [6, 6.07) is 5.24. The number of hydrogen-bond acceptors (Lipinski definition) is 4. The van der Waals surface area contributed by atoms with Crippen molar-refractivity contribution in [3.63, 3.8) is 0 Å². The van der Waals surface area contributed by atoms with Crippen LogP contribution in [0.5, 0.6) is 5.75 Å². The van der Waals surface area contributed by atoms with Crippen LogP contribution < -0.4 is 10.1 Å². The van der Waals surface area contributed by atoms with E-state index in [4.69, 9.17) is 4.74 Å². The van der Waals surface area contributed by atoms with Crippen molar-refractivity contribution in [2.45, 2.75) is 51.7 Å². The number of rotatable bonds is 6. The van der Waals surface area contributed by atoms with Gasteiger partial charge in [0.15, 0.2) is 5.75 Å². The maximum atomic E-state index is 11.3. The van der Waals surface area contributed by atoms with Crippen LogP contribution in [-0.2, 0) is 6.54 Å². The highest BCUT2D eigenvalue weighted by molar-refractivity contribution is 5.48. The van der Waals surface area contributed by atoms with Gasteiger partial charge in [0.05, 0.1) is 4.92 Å². The van der Waals surface area contributed by atoms with E-state index in [1.807, 2.05) is 13.1 Å². The van der Waals surface area contributed by atoms with Gasteiger partial charge in [0.1, 0.15) is 6.10 Å². The molecule has 1 aromatic carbocycles. The van der Waals surface area contributed by atoms with Gasteiger partial charge in [-0.2, -0.15) is 0 Å². The molecule has 0 amide bonds. The SMILES string of the molecule is CCC1CCCCC1Oc1ccc(CNC)cc1[N+](=O)[O-]. The third-order valence-corrected chi connectivity index (χ3v) is 4.24. The Morgan fingerprint density at radius 1 is 1.38 bits per heavy atom. The monoisotopic (exact) mass is 292 g/mol. The molecule has 1 saturated carbocycles. The van der Waals surface area contributed by atoms with Gasteiger partial charge < -0.3 is 10.1 Å². The van der Waals surface area contributed by atoms with Gasteiger partial charge >= 0.3 is 5.69 Å². The van der Waals surface area contributed by atoms with Gasteiger partial charge in [0.25, 0.3) is 0 Å². The van der Waals surface area contributed by atoms with Crippen LogP contribution >= 0.6 is 0 Å². The topological polar surface area (TPSA) is 64.4 Å². The fourth-order valence-corrected chi connectivity index (χ4v) is 3.08. The highest BCUT2D eigenvalue weighted by Crippen LogP contribution is 2.34. The van der Waals surface area contributed by atoms with E-state index in [0.29, 0.717) is 18.2 Å². The van der Waals surface area contributed by atoms with E-state index in [-0.39, 0.29) is 16.7 Å². The predicted octanol–water partition coefficient (Wildman–Crippen LogP) is 3.66. The Morgan fingerprint density at radius 3 is 2.81 bits per heavy atom. The van der Waals surface area contributed by atoms with Crippen molar-refractivity contribution in [3.8, 4) is 5.75 Å². The Balaban J connectivity index is 2.19. The first kappa shape index (κ1) is 15.8. The Kier molecular flexibility index (Phi) is 5.56. The summed E-state index contributed by atoms with van der Waals surface area (Å²) in [5.41, 5.74) is 0.968. The van der Waals surface area contributed by atoms with Gasteiger partial charge in [-0.25, -0.2) is 0 Å². The zero-order valence-corrected chi connectivity index (χ0v) is 12.8. The van der Waals surface area contributed by atoms with Crippen molar-refractivity contribution in [2.75, 3.05) is 7.05 Å². The Hall–Kier alpha value is -1.62. The summed E-state index contributed by atoms with van der Waals surface area (Å²) in [5.74, 6) is 0.917. The third-order valence-electron chi connectivity index (χ3n) is 4.24. The maximum absolute atomic E-state index is 11.3. The number of benzene rings is 1. The Bertz CT molecular complexity index is 490. The van der Waals surface area contributed by atoms with Crippen LogP contribution in [0.1, 0.15) is 44.6 Å². The van der Waals surface area contributed by atoms with Gasteiger partial charge in [0, 0.05) is 12.6 Å². The molecule has 0 heterocycles. The molecule has 2 atom stereocenters. The second kappa shape index (κ2) is 7.41. The minimum absolute atomic E-state index is 0.0724. The fourth-order valence-electron chi connectivity index (χ4n) is 3.08. The maximum Gasteiger partial charge on any atom is 0.311 e. The number of nitro benzene ring substituents is 1. The Morgan fingerprint density at radius 2 is 2.14 bits per heavy atom. The van der Waals surface area contributed by atoms with Crippen LogP contribution in [0.2, 0.25) is 0 Å². The minimum Gasteiger partial charge on any atom is -0.483 e. The molecule has 2 unspecified atom stereocenters. The molecule has 5 heteroatoms. The molecule has 0 aliphatic heterocycles. The van der Waals surface area contributed by atoms with Gasteiger partial charge in [0.2, 0.25) is 0 Å². The molecular formula is C16H24N2O3. The summed E-state index contributed by atoms with van der Waals surface area (Å²) in [7, 11) is 1.82. The lowest BCUT2D eigenvalue weighted by atomic mass is 9.85. The van der Waals surface area contributed by atoms with Crippen molar-refractivity contribution in [3.05, 3.63) is 33.9 Å². The second-order valence-electron chi connectivity index (χ2n) is 5.70. The molecule has 5 nitrogen and oxygen atoms in total. The number of ether oxygens (including phenoxy) is 1. The average molecular weight is 292 g/mol. The molecule has 1 aliphatic rings. The molecule has 2 rings (SSSR count). The molecule has 0 bridgehead atoms. The number of nitrogens with one attached hydrogen (secondary N) is 1. The minimum atomic E-state index is -0.349. The summed E-state index contributed by atoms with van der Waals surface area (Å²) in [6.45, 7) is 2.78. The zero-order chi connectivity index (χ0) is 15.2. The smallest absolute Gasteiger partial charge is 0.311 e. The molecule has 1 fully saturated rings. The molecule has 21 heavy (non-hydrogen) atoms. The van der Waals surface area contributed by atoms with Gasteiger partial charge in [-0.15, -0.1) is 0 Å². The molecule has 1 aromatic rings. The molecular weight excluding hydrogens is 268 g/mol. The first-order chi connectivity index (χ1) is 10.2. The molecule has 0 aromatic heterocycles. The van der Waals surface area contributed by atoms with E-state index in [1.165, 1.54) is 6.42 Å². The van der Waals surface area contributed by atoms with E-state index >= 15 is 0 Å². The highest BCUT2D eigenvalue weighted by Gasteiger charge is 2.27. The lowest BCUT2D eigenvalue weighted by Crippen LogP contribution is -2.30. The average Bonchev–Trinajstić information content (AvgIpc) is 2.49. The summed E-state index contributed by atoms with van der Waals surface area (Å²) in [6.07, 6.45) is 5.71. The quantitative estimate of drug-likeness (QED) is 0.642. The van der Waals surface area contributed by atoms with Gasteiger partial charge in [-0.3, -0.25) is 10.1 Å². The van der Waals surface area contributed by atoms with Crippen molar-refractivity contribution in [1.29, 1.82) is 0 Å². The zero-order valence-electron chi connectivity index (χ0n) is 12.8. The number of nitro groups is 1. The summed E-state index contributed by atoms with van der Waals surface area (Å²) >= 11 is 0. The molecule has 1 N–H and O–H groups in total. The number of nitrogens with zero attached hydrogens (tertiary/aromatic N) is 1. The van der Waals surface area contributed by atoms with Crippen molar-refractivity contribution >= 4 is 5.69 Å². The standard InChI is InChI=1S/C16H24N2O3/c1-3-13-6-4-5-7-15(13)21-16-9-8-12(11-17-2)10-14(16)18(19)20/h8-10,13,15,17H,3-7,11H2,1-2H3. The van der Waals surface area contributed by atoms with Gasteiger partial charge in [-0.05, 0) is 50.3 Å². The van der Waals surface area contributed by atoms with Crippen molar-refractivity contribution in [1.82, 2.24) is 5.32 Å². The van der Waals surface area contributed by atoms with E-state index in [9.17, 15) is 10.1 Å². The van der Waals surface area contributed by atoms with E-state index in [0.717, 1.165) is 31.2 Å². The van der Waals surface area contributed by atoms with E-state index in [1.54, 1.807) is 12.1 Å². The first-order valence-corrected chi connectivity index (χ1v) is 7.74. The molecule has 0 spiro atoms. The first-order valence-electron chi connectivity index (χ1n) is 7.74. The lowest BCUT2D eigenvalue weighted by molar-refractivity contribution is -0.386. The van der Waals surface area contributed by atoms with Crippen LogP contribution in [0.25, 0.3) is 0 Å². The summed E-state index contributed by atoms with van der Waals surface area (Å²) in [5, 5.41) is 14.3. The molecule has 1 aliphatic carbocycles. The molecule has 116 valence electrons. The highest BCUT2D eigenvalue weighted by atomic mass is 16.6. The molecule has 0 saturated heterocycles. The van der Waals surface area contributed by atoms with Crippen LogP contribution in [-0.4, -0.2) is 18.1 Å². The third kappa shape index (κ3) is 3.94. The van der Waals surface area contributed by atoms with Crippen molar-refractivity contribution in [2.24, 2.45) is 5.92 Å². The summed E-state index contributed by atoms with van der Waals surface area (Å²) < 4.78 is 6.02. The van der Waals surface area contributed by atoms with Crippen molar-refractivity contribution < 1.29 is 9.66 Å². The number of hydrogen-bond donors (Lipinski definition) is 1. The fraction of sp³-hybridized carbons (Fsp3) is 0.625. The predicted molar refractivity (Wildman–Crippen MR) is 82.5 cm³/mol. The van der Waals surface area contributed by atoms with Gasteiger partial charge in [-0.1, -0.05) is 19.4 Å². The normalized spacial score (nSPS) is 22.0. The second-order valence-corrected chi connectivity index (χ2v) is 5.70. The Labute approximate surface area is 125 Å².